The molecule has 12 heteroatoms. The number of hydrogen-bond acceptors (Lipinski definition) is 7. The number of nitrogens with zero attached hydrogens (tertiary/aromatic N) is 1. The van der Waals surface area contributed by atoms with Crippen molar-refractivity contribution in [2.24, 2.45) is 0 Å². The molecule has 0 aliphatic carbocycles. The van der Waals surface area contributed by atoms with Crippen molar-refractivity contribution in [2.75, 3.05) is 31.0 Å². The molecule has 1 aliphatic rings. The van der Waals surface area contributed by atoms with Gasteiger partial charge in [-0.05, 0) is 76.5 Å². The van der Waals surface area contributed by atoms with Crippen molar-refractivity contribution in [3.8, 4) is 17.2 Å². The van der Waals surface area contributed by atoms with Gasteiger partial charge in [0.2, 0.25) is 0 Å². The van der Waals surface area contributed by atoms with E-state index in [2.05, 4.69) is 26.6 Å². The van der Waals surface area contributed by atoms with Crippen molar-refractivity contribution in [3.63, 3.8) is 0 Å². The van der Waals surface area contributed by atoms with Crippen molar-refractivity contribution < 1.29 is 33.4 Å². The summed E-state index contributed by atoms with van der Waals surface area (Å²) in [6.45, 7) is 1.37. The molecule has 1 fully saturated rings. The maximum Gasteiger partial charge on any atom is 0.335 e. The number of urea groups is 1. The van der Waals surface area contributed by atoms with Crippen LogP contribution in [0, 0.1) is 6.92 Å². The molecule has 3 aromatic carbocycles. The van der Waals surface area contributed by atoms with Crippen LogP contribution in [0.25, 0.3) is 6.08 Å². The van der Waals surface area contributed by atoms with E-state index in [0.717, 1.165) is 4.90 Å². The van der Waals surface area contributed by atoms with Crippen LogP contribution in [0.3, 0.4) is 0 Å². The lowest BCUT2D eigenvalue weighted by Crippen LogP contribution is -2.54. The van der Waals surface area contributed by atoms with Crippen molar-refractivity contribution in [2.45, 2.75) is 6.92 Å². The van der Waals surface area contributed by atoms with Gasteiger partial charge in [0, 0.05) is 5.02 Å². The number of halogens is 2. The van der Waals surface area contributed by atoms with E-state index in [9.17, 15) is 19.2 Å². The Morgan fingerprint density at radius 3 is 2.50 bits per heavy atom. The summed E-state index contributed by atoms with van der Waals surface area (Å²) in [5.41, 5.74) is 1.47. The Kier molecular flexibility index (Phi) is 8.76. The van der Waals surface area contributed by atoms with Crippen LogP contribution in [0.4, 0.5) is 16.2 Å². The first-order valence-corrected chi connectivity index (χ1v) is 12.9. The lowest BCUT2D eigenvalue weighted by atomic mass is 10.1. The normalized spacial score (nSPS) is 14.2. The fraction of sp³-hybridized carbons (Fsp3) is 0.143. The Morgan fingerprint density at radius 1 is 1.05 bits per heavy atom. The van der Waals surface area contributed by atoms with Gasteiger partial charge in [0.25, 0.3) is 17.7 Å². The van der Waals surface area contributed by atoms with Gasteiger partial charge < -0.3 is 19.5 Å². The summed E-state index contributed by atoms with van der Waals surface area (Å²) >= 11 is 9.48. The average Bonchev–Trinajstić information content (AvgIpc) is 2.92. The minimum Gasteiger partial charge on any atom is -0.495 e. The number of anilines is 2. The second-order valence-electron chi connectivity index (χ2n) is 8.46. The smallest absolute Gasteiger partial charge is 0.335 e. The largest absolute Gasteiger partial charge is 0.495 e. The first-order chi connectivity index (χ1) is 19.1. The highest BCUT2D eigenvalue weighted by Gasteiger charge is 2.37. The number of para-hydroxylation sites is 2. The average molecular weight is 629 g/mol. The molecule has 0 bridgehead atoms. The lowest BCUT2D eigenvalue weighted by Gasteiger charge is -2.27. The molecule has 2 N–H and O–H groups in total. The molecule has 0 atom stereocenters. The molecule has 206 valence electrons. The highest BCUT2D eigenvalue weighted by molar-refractivity contribution is 9.10. The van der Waals surface area contributed by atoms with Crippen molar-refractivity contribution >= 4 is 68.7 Å². The molecule has 0 spiro atoms. The van der Waals surface area contributed by atoms with E-state index in [1.54, 1.807) is 49.4 Å². The first kappa shape index (κ1) is 28.7. The predicted molar refractivity (Wildman–Crippen MR) is 153 cm³/mol. The number of imide groups is 2. The third-order valence-corrected chi connectivity index (χ3v) is 6.63. The van der Waals surface area contributed by atoms with Gasteiger partial charge in [-0.2, -0.15) is 0 Å². The number of aryl methyl sites for hydroxylation is 1. The third kappa shape index (κ3) is 6.11. The number of rotatable bonds is 8. The summed E-state index contributed by atoms with van der Waals surface area (Å²) in [5.74, 6) is -1.15. The number of nitrogens with one attached hydrogen (secondary N) is 2. The number of benzene rings is 3. The standard InChI is InChI=1S/C28H23BrClN3O7/c1-15-8-9-17(30)13-21(15)33-27(36)18(26(35)32-28(33)37)10-16-11-19(29)25(23(12-16)39-3)40-14-24(34)31-20-6-4-5-7-22(20)38-2/h4-13H,14H2,1-3H3,(H,31,34)(H,32,35,37)/b18-10+. The molecule has 0 aromatic heterocycles. The van der Waals surface area contributed by atoms with Crippen LogP contribution < -0.4 is 29.7 Å². The molecule has 1 saturated heterocycles. The van der Waals surface area contributed by atoms with Gasteiger partial charge in [-0.15, -0.1) is 0 Å². The van der Waals surface area contributed by atoms with E-state index in [1.807, 2.05) is 0 Å². The molecular formula is C28H23BrClN3O7. The molecule has 10 nitrogen and oxygen atoms in total. The van der Waals surface area contributed by atoms with Gasteiger partial charge in [0.05, 0.1) is 30.1 Å². The second-order valence-corrected chi connectivity index (χ2v) is 9.75. The molecule has 5 amide bonds. The molecule has 40 heavy (non-hydrogen) atoms. The quantitative estimate of drug-likeness (QED) is 0.263. The summed E-state index contributed by atoms with van der Waals surface area (Å²) in [5, 5.41) is 5.22. The van der Waals surface area contributed by atoms with E-state index in [0.29, 0.717) is 32.1 Å². The first-order valence-electron chi connectivity index (χ1n) is 11.7. The molecule has 4 rings (SSSR count). The maximum absolute atomic E-state index is 13.3. The van der Waals surface area contributed by atoms with Gasteiger partial charge in [0.15, 0.2) is 18.1 Å². The molecular weight excluding hydrogens is 606 g/mol. The zero-order valence-electron chi connectivity index (χ0n) is 21.5. The Bertz CT molecular complexity index is 1560. The number of barbiturate groups is 1. The number of methoxy groups -OCH3 is 2. The fourth-order valence-corrected chi connectivity index (χ4v) is 4.64. The second kappa shape index (κ2) is 12.2. The molecule has 1 heterocycles. The summed E-state index contributed by atoms with van der Waals surface area (Å²) in [6, 6.07) is 13.9. The molecule has 3 aromatic rings. The number of amides is 5. The van der Waals surface area contributed by atoms with E-state index < -0.39 is 23.8 Å². The topological polar surface area (TPSA) is 123 Å². The van der Waals surface area contributed by atoms with E-state index in [4.69, 9.17) is 25.8 Å². The summed E-state index contributed by atoms with van der Waals surface area (Å²) in [6.07, 6.45) is 1.32. The minimum absolute atomic E-state index is 0.227. The highest BCUT2D eigenvalue weighted by atomic mass is 79.9. The molecule has 0 saturated carbocycles. The van der Waals surface area contributed by atoms with Crippen LogP contribution in [0.1, 0.15) is 11.1 Å². The Hall–Kier alpha value is -4.35. The van der Waals surface area contributed by atoms with Gasteiger partial charge >= 0.3 is 6.03 Å². The van der Waals surface area contributed by atoms with Gasteiger partial charge in [-0.25, -0.2) is 9.69 Å². The van der Waals surface area contributed by atoms with Crippen molar-refractivity contribution in [1.82, 2.24) is 5.32 Å². The Labute approximate surface area is 243 Å². The summed E-state index contributed by atoms with van der Waals surface area (Å²) < 4.78 is 16.8. The van der Waals surface area contributed by atoms with Gasteiger partial charge in [-0.3, -0.25) is 19.7 Å². The number of ether oxygens (including phenoxy) is 3. The fourth-order valence-electron chi connectivity index (χ4n) is 3.90. The van der Waals surface area contributed by atoms with E-state index in [-0.39, 0.29) is 29.4 Å². The van der Waals surface area contributed by atoms with Crippen LogP contribution in [0.2, 0.25) is 5.02 Å². The SMILES string of the molecule is COc1ccccc1NC(=O)COc1c(Br)cc(/C=C2\C(=O)NC(=O)N(c3cc(Cl)ccc3C)C2=O)cc1OC. The van der Waals surface area contributed by atoms with Crippen LogP contribution in [0.5, 0.6) is 17.2 Å². The lowest BCUT2D eigenvalue weighted by molar-refractivity contribution is -0.122. The third-order valence-electron chi connectivity index (χ3n) is 5.81. The molecule has 0 radical (unpaired) electrons. The van der Waals surface area contributed by atoms with Crippen molar-refractivity contribution in [1.29, 1.82) is 0 Å². The van der Waals surface area contributed by atoms with Crippen LogP contribution >= 0.6 is 27.5 Å². The van der Waals surface area contributed by atoms with Crippen molar-refractivity contribution in [3.05, 3.63) is 80.8 Å². The number of carbonyl (C=O) groups excluding carboxylic acids is 4. The Balaban J connectivity index is 1.58. The monoisotopic (exact) mass is 627 g/mol. The van der Waals surface area contributed by atoms with Gasteiger partial charge in [-0.1, -0.05) is 29.8 Å². The number of carbonyl (C=O) groups is 4. The minimum atomic E-state index is -0.883. The molecule has 0 unspecified atom stereocenters. The van der Waals surface area contributed by atoms with E-state index in [1.165, 1.54) is 32.4 Å². The summed E-state index contributed by atoms with van der Waals surface area (Å²) in [7, 11) is 2.90. The van der Waals surface area contributed by atoms with E-state index >= 15 is 0 Å². The zero-order chi connectivity index (χ0) is 29.0. The summed E-state index contributed by atoms with van der Waals surface area (Å²) in [4.78, 5) is 51.9. The highest BCUT2D eigenvalue weighted by Crippen LogP contribution is 2.38. The zero-order valence-corrected chi connectivity index (χ0v) is 23.9. The van der Waals surface area contributed by atoms with Gasteiger partial charge in [0.1, 0.15) is 11.3 Å². The predicted octanol–water partition coefficient (Wildman–Crippen LogP) is 5.11. The maximum atomic E-state index is 13.3. The van der Waals surface area contributed by atoms with Crippen LogP contribution in [-0.2, 0) is 14.4 Å². The van der Waals surface area contributed by atoms with Crippen LogP contribution in [0.15, 0.2) is 64.6 Å². The molecule has 1 aliphatic heterocycles. The van der Waals surface area contributed by atoms with Crippen LogP contribution in [-0.4, -0.2) is 44.6 Å². The number of hydrogen-bond donors (Lipinski definition) is 2. The Morgan fingerprint density at radius 2 is 1.77 bits per heavy atom.